The van der Waals surface area contributed by atoms with Crippen LogP contribution in [0.1, 0.15) is 45.8 Å². The van der Waals surface area contributed by atoms with Crippen LogP contribution in [0.5, 0.6) is 0 Å². The van der Waals surface area contributed by atoms with E-state index in [9.17, 15) is 53.5 Å². The molecular formula is C22H14Cl2F10N2O2. The summed E-state index contributed by atoms with van der Waals surface area (Å²) in [6.07, 6.45) is -17.8. The fourth-order valence-electron chi connectivity index (χ4n) is 3.01. The van der Waals surface area contributed by atoms with E-state index >= 15 is 0 Å². The molecule has 0 aliphatic rings. The van der Waals surface area contributed by atoms with Crippen LogP contribution in [0, 0.1) is 0 Å². The number of alkyl halides is 9. The van der Waals surface area contributed by atoms with Gasteiger partial charge in [0, 0.05) is 22.0 Å². The Morgan fingerprint density at radius 3 is 1.95 bits per heavy atom. The maximum atomic E-state index is 14.8. The van der Waals surface area contributed by atoms with Crippen LogP contribution in [-0.2, 0) is 11.0 Å². The fourth-order valence-corrected chi connectivity index (χ4v) is 3.56. The highest BCUT2D eigenvalue weighted by molar-refractivity contribution is 6.34. The van der Waals surface area contributed by atoms with Gasteiger partial charge in [0.25, 0.3) is 5.91 Å². The average molecular weight is 599 g/mol. The largest absolute Gasteiger partial charge is 0.417 e. The molecule has 2 N–H and O–H groups in total. The van der Waals surface area contributed by atoms with Crippen LogP contribution in [0.25, 0.3) is 5.83 Å². The first-order chi connectivity index (χ1) is 17.3. The lowest BCUT2D eigenvalue weighted by molar-refractivity contribution is -0.144. The van der Waals surface area contributed by atoms with E-state index in [1.165, 1.54) is 10.9 Å². The van der Waals surface area contributed by atoms with Crippen LogP contribution >= 0.6 is 23.2 Å². The van der Waals surface area contributed by atoms with Gasteiger partial charge in [-0.25, -0.2) is 4.39 Å². The van der Waals surface area contributed by atoms with Gasteiger partial charge < -0.3 is 0 Å². The summed E-state index contributed by atoms with van der Waals surface area (Å²) in [6, 6.07) is 3.84. The van der Waals surface area contributed by atoms with Gasteiger partial charge in [-0.1, -0.05) is 29.3 Å². The molecule has 2 aromatic carbocycles. The Labute approximate surface area is 217 Å². The number of carbonyl (C=O) groups is 2. The predicted molar refractivity (Wildman–Crippen MR) is 117 cm³/mol. The Bertz CT molecular complexity index is 1200. The van der Waals surface area contributed by atoms with E-state index in [-0.39, 0.29) is 22.2 Å². The monoisotopic (exact) mass is 598 g/mol. The SMILES string of the molecule is O=C(CCC(F)(F)F)NNC(=O)c1ccc(/C(F)=C/C(c2cc(Cl)cc(Cl)c2)C(F)(F)F)cc1C(F)(F)F. The Morgan fingerprint density at radius 2 is 1.45 bits per heavy atom. The maximum absolute atomic E-state index is 14.8. The second-order valence-electron chi connectivity index (χ2n) is 7.61. The van der Waals surface area contributed by atoms with Crippen molar-refractivity contribution in [1.82, 2.24) is 10.9 Å². The Hall–Kier alpha value is -3.00. The predicted octanol–water partition coefficient (Wildman–Crippen LogP) is 7.77. The Kier molecular flexibility index (Phi) is 9.70. The number of rotatable bonds is 6. The van der Waals surface area contributed by atoms with Crippen LogP contribution in [0.2, 0.25) is 10.0 Å². The lowest BCUT2D eigenvalue weighted by atomic mass is 9.95. The van der Waals surface area contributed by atoms with Gasteiger partial charge in [-0.15, -0.1) is 0 Å². The minimum atomic E-state index is -5.33. The molecular weight excluding hydrogens is 585 g/mol. The minimum Gasteiger partial charge on any atom is -0.273 e. The van der Waals surface area contributed by atoms with E-state index in [0.717, 1.165) is 18.2 Å². The number of hydrogen-bond donors (Lipinski definition) is 2. The molecule has 2 amide bonds. The molecule has 0 aliphatic carbocycles. The van der Waals surface area contributed by atoms with E-state index in [2.05, 4.69) is 0 Å². The van der Waals surface area contributed by atoms with Gasteiger partial charge in [0.1, 0.15) is 11.7 Å². The highest BCUT2D eigenvalue weighted by Crippen LogP contribution is 2.41. The zero-order chi connectivity index (χ0) is 29.1. The molecule has 0 bridgehead atoms. The number of allylic oxidation sites excluding steroid dienone is 1. The van der Waals surface area contributed by atoms with Crippen molar-refractivity contribution in [2.75, 3.05) is 0 Å². The van der Waals surface area contributed by atoms with Gasteiger partial charge in [-0.05, 0) is 42.0 Å². The summed E-state index contributed by atoms with van der Waals surface area (Å²) in [5.41, 5.74) is -1.58. The summed E-state index contributed by atoms with van der Waals surface area (Å²) < 4.78 is 133. The summed E-state index contributed by atoms with van der Waals surface area (Å²) in [5, 5.41) is -0.424. The summed E-state index contributed by atoms with van der Waals surface area (Å²) >= 11 is 11.4. The van der Waals surface area contributed by atoms with Gasteiger partial charge in [0.15, 0.2) is 0 Å². The third-order valence-corrected chi connectivity index (χ3v) is 5.14. The first-order valence-corrected chi connectivity index (χ1v) is 10.8. The first kappa shape index (κ1) is 31.2. The third kappa shape index (κ3) is 9.08. The Morgan fingerprint density at radius 1 is 0.868 bits per heavy atom. The number of nitrogens with one attached hydrogen (secondary N) is 2. The smallest absolute Gasteiger partial charge is 0.273 e. The zero-order valence-electron chi connectivity index (χ0n) is 18.4. The van der Waals surface area contributed by atoms with Crippen molar-refractivity contribution in [3.63, 3.8) is 0 Å². The van der Waals surface area contributed by atoms with Crippen LogP contribution < -0.4 is 10.9 Å². The quantitative estimate of drug-likeness (QED) is 0.264. The third-order valence-electron chi connectivity index (χ3n) is 4.71. The van der Waals surface area contributed by atoms with Gasteiger partial charge in [0.05, 0.1) is 17.5 Å². The molecule has 0 heterocycles. The van der Waals surface area contributed by atoms with Crippen molar-refractivity contribution < 1.29 is 53.5 Å². The molecule has 16 heteroatoms. The van der Waals surface area contributed by atoms with E-state index in [4.69, 9.17) is 23.2 Å². The molecule has 0 spiro atoms. The summed E-state index contributed by atoms with van der Waals surface area (Å²) in [4.78, 5) is 23.5. The molecule has 208 valence electrons. The van der Waals surface area contributed by atoms with E-state index in [1.54, 1.807) is 0 Å². The molecule has 0 saturated carbocycles. The zero-order valence-corrected chi connectivity index (χ0v) is 19.9. The summed E-state index contributed by atoms with van der Waals surface area (Å²) in [6.45, 7) is 0. The van der Waals surface area contributed by atoms with Crippen LogP contribution in [0.3, 0.4) is 0 Å². The molecule has 0 radical (unpaired) electrons. The van der Waals surface area contributed by atoms with E-state index in [1.807, 2.05) is 0 Å². The molecule has 0 saturated heterocycles. The normalized spacial score (nSPS) is 13.7. The lowest BCUT2D eigenvalue weighted by Gasteiger charge is -2.19. The van der Waals surface area contributed by atoms with Gasteiger partial charge in [-0.2, -0.15) is 39.5 Å². The van der Waals surface area contributed by atoms with Crippen molar-refractivity contribution in [3.05, 3.63) is 74.8 Å². The summed E-state index contributed by atoms with van der Waals surface area (Å²) in [5.74, 6) is -7.39. The molecule has 0 aliphatic heterocycles. The maximum Gasteiger partial charge on any atom is 0.417 e. The number of carbonyl (C=O) groups excluding carboxylic acids is 2. The molecule has 0 fully saturated rings. The van der Waals surface area contributed by atoms with Crippen molar-refractivity contribution in [3.8, 4) is 0 Å². The van der Waals surface area contributed by atoms with E-state index < -0.39 is 77.2 Å². The van der Waals surface area contributed by atoms with Gasteiger partial charge >= 0.3 is 18.5 Å². The topological polar surface area (TPSA) is 58.2 Å². The van der Waals surface area contributed by atoms with Crippen molar-refractivity contribution in [2.24, 2.45) is 0 Å². The molecule has 1 atom stereocenters. The van der Waals surface area contributed by atoms with Gasteiger partial charge in [0.2, 0.25) is 5.91 Å². The molecule has 1 unspecified atom stereocenters. The average Bonchev–Trinajstić information content (AvgIpc) is 2.76. The van der Waals surface area contributed by atoms with E-state index in [0.29, 0.717) is 12.1 Å². The highest BCUT2D eigenvalue weighted by atomic mass is 35.5. The molecule has 2 rings (SSSR count). The minimum absolute atomic E-state index is 0.00189. The van der Waals surface area contributed by atoms with Crippen molar-refractivity contribution in [1.29, 1.82) is 0 Å². The highest BCUT2D eigenvalue weighted by Gasteiger charge is 2.41. The number of hydrogen-bond acceptors (Lipinski definition) is 2. The number of amides is 2. The van der Waals surface area contributed by atoms with Gasteiger partial charge in [-0.3, -0.25) is 20.4 Å². The first-order valence-electron chi connectivity index (χ1n) is 10.1. The molecule has 38 heavy (non-hydrogen) atoms. The molecule has 4 nitrogen and oxygen atoms in total. The lowest BCUT2D eigenvalue weighted by Crippen LogP contribution is -2.42. The van der Waals surface area contributed by atoms with Crippen molar-refractivity contribution >= 4 is 40.8 Å². The Balaban J connectivity index is 2.39. The van der Waals surface area contributed by atoms with Crippen LogP contribution in [0.15, 0.2) is 42.5 Å². The second-order valence-corrected chi connectivity index (χ2v) is 8.49. The second kappa shape index (κ2) is 11.8. The molecule has 0 aromatic heterocycles. The van der Waals surface area contributed by atoms with Crippen molar-refractivity contribution in [2.45, 2.75) is 37.3 Å². The summed E-state index contributed by atoms with van der Waals surface area (Å²) in [7, 11) is 0. The number of hydrazine groups is 1. The van der Waals surface area contributed by atoms with Crippen LogP contribution in [0.4, 0.5) is 43.9 Å². The fraction of sp³-hybridized carbons (Fsp3) is 0.273. The standard InChI is InChI=1S/C22H14Cl2F10N2O2/c23-12-5-11(6-13(24)8-12)15(21(29,30)31)9-17(25)10-1-2-14(16(7-10)22(32,33)34)19(38)36-35-18(37)3-4-20(26,27)28/h1-2,5-9,15H,3-4H2,(H,35,37)(H,36,38)/b17-9-. The number of benzene rings is 2. The molecule has 2 aromatic rings. The number of halogens is 12. The van der Waals surface area contributed by atoms with Crippen LogP contribution in [-0.4, -0.2) is 24.2 Å².